The number of rotatable bonds is 2. The molecule has 6 heteroatoms. The molecule has 1 fully saturated rings. The molecule has 23 heavy (non-hydrogen) atoms. The number of nitrogens with one attached hydrogen (secondary N) is 1. The van der Waals surface area contributed by atoms with E-state index < -0.39 is 11.7 Å². The first kappa shape index (κ1) is 15.9. The molecule has 1 aliphatic heterocycles. The molecule has 1 aromatic carbocycles. The van der Waals surface area contributed by atoms with E-state index in [0.717, 1.165) is 49.6 Å². The lowest BCUT2D eigenvalue weighted by Gasteiger charge is -2.22. The first-order valence-electron chi connectivity index (χ1n) is 7.67. The highest BCUT2D eigenvalue weighted by molar-refractivity contribution is 5.60. The van der Waals surface area contributed by atoms with Crippen LogP contribution in [-0.4, -0.2) is 23.1 Å². The smallest absolute Gasteiger partial charge is 0.317 e. The van der Waals surface area contributed by atoms with Crippen LogP contribution in [0.5, 0.6) is 0 Å². The topological polar surface area (TPSA) is 37.8 Å². The lowest BCUT2D eigenvalue weighted by atomic mass is 9.97. The van der Waals surface area contributed by atoms with Crippen molar-refractivity contribution < 1.29 is 13.2 Å². The van der Waals surface area contributed by atoms with E-state index in [1.54, 1.807) is 0 Å². The van der Waals surface area contributed by atoms with Gasteiger partial charge in [0.1, 0.15) is 5.82 Å². The quantitative estimate of drug-likeness (QED) is 0.910. The van der Waals surface area contributed by atoms with Crippen molar-refractivity contribution in [2.75, 3.05) is 13.1 Å². The highest BCUT2D eigenvalue weighted by Gasteiger charge is 2.30. The highest BCUT2D eigenvalue weighted by Crippen LogP contribution is 2.31. The second kappa shape index (κ2) is 6.28. The maximum Gasteiger partial charge on any atom is 0.416 e. The Morgan fingerprint density at radius 3 is 2.30 bits per heavy atom. The third kappa shape index (κ3) is 3.69. The zero-order valence-electron chi connectivity index (χ0n) is 12.8. The Bertz CT molecular complexity index is 674. The fourth-order valence-electron chi connectivity index (χ4n) is 2.83. The van der Waals surface area contributed by atoms with Gasteiger partial charge in [0, 0.05) is 17.2 Å². The summed E-state index contributed by atoms with van der Waals surface area (Å²) in [7, 11) is 0. The first-order valence-corrected chi connectivity index (χ1v) is 7.67. The molecule has 0 unspecified atom stereocenters. The molecule has 0 amide bonds. The van der Waals surface area contributed by atoms with Crippen LogP contribution in [0.2, 0.25) is 0 Å². The third-order valence-corrected chi connectivity index (χ3v) is 4.08. The summed E-state index contributed by atoms with van der Waals surface area (Å²) in [4.78, 5) is 9.12. The first-order chi connectivity index (χ1) is 10.9. The van der Waals surface area contributed by atoms with Crippen LogP contribution >= 0.6 is 0 Å². The van der Waals surface area contributed by atoms with Gasteiger partial charge in [-0.1, -0.05) is 12.1 Å². The summed E-state index contributed by atoms with van der Waals surface area (Å²) in [5.41, 5.74) is 1.55. The van der Waals surface area contributed by atoms with Crippen LogP contribution in [0.25, 0.3) is 11.3 Å². The van der Waals surface area contributed by atoms with E-state index in [0.29, 0.717) is 17.2 Å². The number of hydrogen-bond acceptors (Lipinski definition) is 3. The Hall–Kier alpha value is -1.95. The van der Waals surface area contributed by atoms with Crippen LogP contribution in [0.4, 0.5) is 13.2 Å². The summed E-state index contributed by atoms with van der Waals surface area (Å²) in [6.45, 7) is 3.77. The maximum atomic E-state index is 12.7. The number of aryl methyl sites for hydroxylation is 1. The minimum Gasteiger partial charge on any atom is -0.317 e. The number of alkyl halides is 3. The summed E-state index contributed by atoms with van der Waals surface area (Å²) in [5, 5.41) is 3.30. The number of piperidine rings is 1. The number of hydrogen-bond donors (Lipinski definition) is 1. The zero-order valence-corrected chi connectivity index (χ0v) is 12.8. The van der Waals surface area contributed by atoms with Gasteiger partial charge in [0.25, 0.3) is 0 Å². The monoisotopic (exact) mass is 321 g/mol. The van der Waals surface area contributed by atoms with Gasteiger partial charge in [0.05, 0.1) is 11.3 Å². The minimum atomic E-state index is -4.32. The van der Waals surface area contributed by atoms with Crippen molar-refractivity contribution in [1.82, 2.24) is 15.3 Å². The van der Waals surface area contributed by atoms with Crippen LogP contribution < -0.4 is 5.32 Å². The second-order valence-electron chi connectivity index (χ2n) is 5.85. The molecule has 0 saturated carbocycles. The zero-order chi connectivity index (χ0) is 16.4. The molecule has 2 aromatic rings. The fourth-order valence-corrected chi connectivity index (χ4v) is 2.83. The average molecular weight is 321 g/mol. The van der Waals surface area contributed by atoms with Crippen molar-refractivity contribution in [3.05, 3.63) is 47.4 Å². The van der Waals surface area contributed by atoms with E-state index in [9.17, 15) is 13.2 Å². The molecule has 2 heterocycles. The van der Waals surface area contributed by atoms with Gasteiger partial charge in [-0.15, -0.1) is 0 Å². The van der Waals surface area contributed by atoms with E-state index in [2.05, 4.69) is 15.3 Å². The van der Waals surface area contributed by atoms with Gasteiger partial charge in [-0.25, -0.2) is 9.97 Å². The molecule has 3 rings (SSSR count). The standard InChI is InChI=1S/C17H18F3N3/c1-11-10-15(12-2-4-14(5-3-12)17(18,19)20)23-16(22-11)13-6-8-21-9-7-13/h2-5,10,13,21H,6-9H2,1H3. The molecule has 0 aliphatic carbocycles. The van der Waals surface area contributed by atoms with E-state index in [1.807, 2.05) is 13.0 Å². The van der Waals surface area contributed by atoms with Crippen LogP contribution in [0.15, 0.2) is 30.3 Å². The lowest BCUT2D eigenvalue weighted by molar-refractivity contribution is -0.137. The Morgan fingerprint density at radius 2 is 1.70 bits per heavy atom. The Kier molecular flexibility index (Phi) is 4.35. The van der Waals surface area contributed by atoms with Gasteiger partial charge in [-0.2, -0.15) is 13.2 Å². The molecular weight excluding hydrogens is 303 g/mol. The van der Waals surface area contributed by atoms with Crippen molar-refractivity contribution in [3.8, 4) is 11.3 Å². The molecule has 1 aliphatic rings. The van der Waals surface area contributed by atoms with Gasteiger partial charge in [0.15, 0.2) is 0 Å². The van der Waals surface area contributed by atoms with Gasteiger partial charge >= 0.3 is 6.18 Å². The van der Waals surface area contributed by atoms with E-state index >= 15 is 0 Å². The summed E-state index contributed by atoms with van der Waals surface area (Å²) in [5.74, 6) is 1.10. The predicted molar refractivity (Wildman–Crippen MR) is 82.1 cm³/mol. The molecule has 122 valence electrons. The van der Waals surface area contributed by atoms with Gasteiger partial charge in [0.2, 0.25) is 0 Å². The number of benzene rings is 1. The minimum absolute atomic E-state index is 0.310. The molecule has 3 nitrogen and oxygen atoms in total. The van der Waals surface area contributed by atoms with Gasteiger partial charge in [-0.05, 0) is 51.1 Å². The number of halogens is 3. The van der Waals surface area contributed by atoms with Crippen molar-refractivity contribution in [2.24, 2.45) is 0 Å². The molecule has 1 aromatic heterocycles. The van der Waals surface area contributed by atoms with Crippen LogP contribution in [-0.2, 0) is 6.18 Å². The van der Waals surface area contributed by atoms with E-state index in [1.165, 1.54) is 12.1 Å². The Balaban J connectivity index is 1.91. The van der Waals surface area contributed by atoms with Crippen molar-refractivity contribution >= 4 is 0 Å². The van der Waals surface area contributed by atoms with E-state index in [4.69, 9.17) is 0 Å². The second-order valence-corrected chi connectivity index (χ2v) is 5.85. The summed E-state index contributed by atoms with van der Waals surface area (Å²) < 4.78 is 38.0. The highest BCUT2D eigenvalue weighted by atomic mass is 19.4. The third-order valence-electron chi connectivity index (χ3n) is 4.08. The van der Waals surface area contributed by atoms with Gasteiger partial charge < -0.3 is 5.32 Å². The van der Waals surface area contributed by atoms with Crippen LogP contribution in [0, 0.1) is 6.92 Å². The van der Waals surface area contributed by atoms with Crippen LogP contribution in [0.1, 0.15) is 35.8 Å². The SMILES string of the molecule is Cc1cc(-c2ccc(C(F)(F)F)cc2)nc(C2CCNCC2)n1. The molecule has 1 N–H and O–H groups in total. The molecule has 0 spiro atoms. The predicted octanol–water partition coefficient (Wildman–Crippen LogP) is 3.94. The fraction of sp³-hybridized carbons (Fsp3) is 0.412. The Morgan fingerprint density at radius 1 is 1.04 bits per heavy atom. The van der Waals surface area contributed by atoms with Crippen molar-refractivity contribution in [1.29, 1.82) is 0 Å². The van der Waals surface area contributed by atoms with E-state index in [-0.39, 0.29) is 0 Å². The molecule has 0 bridgehead atoms. The van der Waals surface area contributed by atoms with Crippen molar-refractivity contribution in [3.63, 3.8) is 0 Å². The largest absolute Gasteiger partial charge is 0.416 e. The molecule has 1 saturated heterocycles. The number of aromatic nitrogens is 2. The molecule has 0 radical (unpaired) electrons. The molecular formula is C17H18F3N3. The van der Waals surface area contributed by atoms with Crippen LogP contribution in [0.3, 0.4) is 0 Å². The normalized spacial score (nSPS) is 16.5. The summed E-state index contributed by atoms with van der Waals surface area (Å²) in [6, 6.07) is 6.94. The summed E-state index contributed by atoms with van der Waals surface area (Å²) >= 11 is 0. The maximum absolute atomic E-state index is 12.7. The van der Waals surface area contributed by atoms with Gasteiger partial charge in [-0.3, -0.25) is 0 Å². The Labute approximate surface area is 133 Å². The summed E-state index contributed by atoms with van der Waals surface area (Å²) in [6.07, 6.45) is -2.35. The average Bonchev–Trinajstić information content (AvgIpc) is 2.54. The molecule has 0 atom stereocenters. The number of nitrogens with zero attached hydrogens (tertiary/aromatic N) is 2. The van der Waals surface area contributed by atoms with Crippen molar-refractivity contribution in [2.45, 2.75) is 31.9 Å². The lowest BCUT2D eigenvalue weighted by Crippen LogP contribution is -2.27.